The van der Waals surface area contributed by atoms with Crippen LogP contribution in [0.2, 0.25) is 0 Å². The Morgan fingerprint density at radius 3 is 2.72 bits per heavy atom. The second-order valence-electron chi connectivity index (χ2n) is 4.91. The highest BCUT2D eigenvalue weighted by molar-refractivity contribution is 5.76. The summed E-state index contributed by atoms with van der Waals surface area (Å²) in [5, 5.41) is 12.1. The molecule has 1 aliphatic rings. The quantitative estimate of drug-likeness (QED) is 0.750. The van der Waals surface area contributed by atoms with Crippen molar-refractivity contribution in [2.45, 2.75) is 58.0 Å². The fourth-order valence-corrected chi connectivity index (χ4v) is 2.52. The molecule has 2 unspecified atom stereocenters. The molecule has 0 aromatic rings. The van der Waals surface area contributed by atoms with Crippen molar-refractivity contribution >= 4 is 11.9 Å². The second-order valence-corrected chi connectivity index (χ2v) is 4.91. The molecule has 0 aliphatic carbocycles. The lowest BCUT2D eigenvalue weighted by Crippen LogP contribution is -2.52. The molecule has 1 aliphatic heterocycles. The molecular weight excluding hydrogens is 232 g/mol. The van der Waals surface area contributed by atoms with E-state index in [-0.39, 0.29) is 11.9 Å². The standard InChI is InChI=1S/C13H24N2O3/c1-3-6-12(16)14-10-7-5-8-15(9-10)11(4-2)13(17)18/h10-11H,3-9H2,1-2H3,(H,14,16)(H,17,18). The largest absolute Gasteiger partial charge is 0.480 e. The summed E-state index contributed by atoms with van der Waals surface area (Å²) in [5.41, 5.74) is 0. The Kier molecular flexibility index (Phi) is 6.12. The zero-order valence-electron chi connectivity index (χ0n) is 11.3. The van der Waals surface area contributed by atoms with E-state index in [0.29, 0.717) is 19.4 Å². The third-order valence-corrected chi connectivity index (χ3v) is 3.41. The van der Waals surface area contributed by atoms with Crippen molar-refractivity contribution in [2.75, 3.05) is 13.1 Å². The van der Waals surface area contributed by atoms with Crippen molar-refractivity contribution in [3.63, 3.8) is 0 Å². The molecule has 5 nitrogen and oxygen atoms in total. The molecule has 0 radical (unpaired) electrons. The first-order valence-electron chi connectivity index (χ1n) is 6.84. The lowest BCUT2D eigenvalue weighted by Gasteiger charge is -2.36. The molecule has 1 amide bonds. The fraction of sp³-hybridized carbons (Fsp3) is 0.846. The van der Waals surface area contributed by atoms with Crippen LogP contribution in [0.3, 0.4) is 0 Å². The van der Waals surface area contributed by atoms with Crippen LogP contribution in [-0.4, -0.2) is 47.1 Å². The molecule has 0 bridgehead atoms. The number of carboxylic acids is 1. The summed E-state index contributed by atoms with van der Waals surface area (Å²) in [7, 11) is 0. The molecule has 104 valence electrons. The Bertz CT molecular complexity index is 294. The zero-order chi connectivity index (χ0) is 13.5. The Morgan fingerprint density at radius 1 is 1.44 bits per heavy atom. The molecule has 1 saturated heterocycles. The molecule has 5 heteroatoms. The minimum atomic E-state index is -0.766. The van der Waals surface area contributed by atoms with Gasteiger partial charge in [0.25, 0.3) is 0 Å². The van der Waals surface area contributed by atoms with Gasteiger partial charge in [-0.2, -0.15) is 0 Å². The Hall–Kier alpha value is -1.10. The van der Waals surface area contributed by atoms with E-state index in [2.05, 4.69) is 5.32 Å². The number of hydrogen-bond acceptors (Lipinski definition) is 3. The highest BCUT2D eigenvalue weighted by Gasteiger charge is 2.29. The number of aliphatic carboxylic acids is 1. The van der Waals surface area contributed by atoms with Crippen molar-refractivity contribution in [3.8, 4) is 0 Å². The van der Waals surface area contributed by atoms with Crippen LogP contribution in [0, 0.1) is 0 Å². The van der Waals surface area contributed by atoms with E-state index in [9.17, 15) is 9.59 Å². The van der Waals surface area contributed by atoms with Gasteiger partial charge in [-0.25, -0.2) is 0 Å². The maximum absolute atomic E-state index is 11.5. The minimum absolute atomic E-state index is 0.0766. The van der Waals surface area contributed by atoms with Crippen molar-refractivity contribution in [2.24, 2.45) is 0 Å². The van der Waals surface area contributed by atoms with Gasteiger partial charge in [0.05, 0.1) is 0 Å². The lowest BCUT2D eigenvalue weighted by atomic mass is 10.0. The molecule has 1 heterocycles. The zero-order valence-corrected chi connectivity index (χ0v) is 11.3. The minimum Gasteiger partial charge on any atom is -0.480 e. The number of nitrogens with zero attached hydrogens (tertiary/aromatic N) is 1. The number of carboxylic acid groups (broad SMARTS) is 1. The number of carbonyl (C=O) groups excluding carboxylic acids is 1. The highest BCUT2D eigenvalue weighted by atomic mass is 16.4. The number of amides is 1. The van der Waals surface area contributed by atoms with Crippen LogP contribution in [-0.2, 0) is 9.59 Å². The van der Waals surface area contributed by atoms with Crippen LogP contribution < -0.4 is 5.32 Å². The first-order valence-corrected chi connectivity index (χ1v) is 6.84. The molecule has 1 fully saturated rings. The first kappa shape index (κ1) is 15.0. The van der Waals surface area contributed by atoms with Gasteiger partial charge in [0.1, 0.15) is 6.04 Å². The summed E-state index contributed by atoms with van der Waals surface area (Å²) in [4.78, 5) is 24.7. The van der Waals surface area contributed by atoms with E-state index in [1.54, 1.807) is 0 Å². The van der Waals surface area contributed by atoms with Crippen LogP contribution in [0.4, 0.5) is 0 Å². The van der Waals surface area contributed by atoms with Crippen LogP contribution in [0.15, 0.2) is 0 Å². The summed E-state index contributed by atoms with van der Waals surface area (Å²) < 4.78 is 0. The SMILES string of the molecule is CCCC(=O)NC1CCCN(C(CC)C(=O)O)C1. The van der Waals surface area contributed by atoms with Gasteiger partial charge in [0.2, 0.25) is 5.91 Å². The Labute approximate surface area is 109 Å². The van der Waals surface area contributed by atoms with Gasteiger partial charge in [-0.05, 0) is 32.2 Å². The second kappa shape index (κ2) is 7.36. The average molecular weight is 256 g/mol. The van der Waals surface area contributed by atoms with E-state index in [0.717, 1.165) is 25.8 Å². The topological polar surface area (TPSA) is 69.6 Å². The van der Waals surface area contributed by atoms with E-state index in [4.69, 9.17) is 5.11 Å². The fourth-order valence-electron chi connectivity index (χ4n) is 2.52. The normalized spacial score (nSPS) is 22.4. The molecule has 0 saturated carbocycles. The van der Waals surface area contributed by atoms with Crippen molar-refractivity contribution in [1.29, 1.82) is 0 Å². The smallest absolute Gasteiger partial charge is 0.320 e. The molecule has 0 aromatic carbocycles. The number of piperidine rings is 1. The van der Waals surface area contributed by atoms with Gasteiger partial charge >= 0.3 is 5.97 Å². The molecule has 1 rings (SSSR count). The summed E-state index contributed by atoms with van der Waals surface area (Å²) in [5.74, 6) is -0.689. The Balaban J connectivity index is 2.49. The maximum atomic E-state index is 11.5. The molecule has 18 heavy (non-hydrogen) atoms. The highest BCUT2D eigenvalue weighted by Crippen LogP contribution is 2.15. The van der Waals surface area contributed by atoms with Gasteiger partial charge < -0.3 is 10.4 Å². The van der Waals surface area contributed by atoms with Crippen LogP contribution in [0.5, 0.6) is 0 Å². The third kappa shape index (κ3) is 4.29. The van der Waals surface area contributed by atoms with E-state index in [1.807, 2.05) is 18.7 Å². The number of likely N-dealkylation sites (tertiary alicyclic amines) is 1. The number of rotatable bonds is 6. The van der Waals surface area contributed by atoms with Crippen LogP contribution in [0.1, 0.15) is 46.0 Å². The molecule has 0 aromatic heterocycles. The van der Waals surface area contributed by atoms with Gasteiger partial charge in [-0.1, -0.05) is 13.8 Å². The maximum Gasteiger partial charge on any atom is 0.320 e. The van der Waals surface area contributed by atoms with E-state index < -0.39 is 12.0 Å². The summed E-state index contributed by atoms with van der Waals surface area (Å²) >= 11 is 0. The number of hydrogen-bond donors (Lipinski definition) is 2. The summed E-state index contributed by atoms with van der Waals surface area (Å²) in [6.45, 7) is 5.33. The summed E-state index contributed by atoms with van der Waals surface area (Å²) in [6.07, 6.45) is 3.88. The van der Waals surface area contributed by atoms with Gasteiger partial charge in [0, 0.05) is 19.0 Å². The predicted octanol–water partition coefficient (Wildman–Crippen LogP) is 1.23. The van der Waals surface area contributed by atoms with Gasteiger partial charge in [0.15, 0.2) is 0 Å². The van der Waals surface area contributed by atoms with Crippen molar-refractivity contribution in [3.05, 3.63) is 0 Å². The Morgan fingerprint density at radius 2 is 2.17 bits per heavy atom. The van der Waals surface area contributed by atoms with Gasteiger partial charge in [-0.15, -0.1) is 0 Å². The molecular formula is C13H24N2O3. The van der Waals surface area contributed by atoms with Crippen molar-refractivity contribution in [1.82, 2.24) is 10.2 Å². The number of carbonyl (C=O) groups is 2. The molecule has 0 spiro atoms. The first-order chi connectivity index (χ1) is 8.58. The van der Waals surface area contributed by atoms with Crippen molar-refractivity contribution < 1.29 is 14.7 Å². The predicted molar refractivity (Wildman–Crippen MR) is 69.4 cm³/mol. The van der Waals surface area contributed by atoms with E-state index in [1.165, 1.54) is 0 Å². The average Bonchev–Trinajstić information content (AvgIpc) is 2.30. The van der Waals surface area contributed by atoms with E-state index >= 15 is 0 Å². The molecule has 2 atom stereocenters. The molecule has 2 N–H and O–H groups in total. The third-order valence-electron chi connectivity index (χ3n) is 3.41. The lowest BCUT2D eigenvalue weighted by molar-refractivity contribution is -0.144. The number of nitrogens with one attached hydrogen (secondary N) is 1. The summed E-state index contributed by atoms with van der Waals surface area (Å²) in [6, 6.07) is -0.318. The monoisotopic (exact) mass is 256 g/mol. The van der Waals surface area contributed by atoms with Crippen LogP contribution in [0.25, 0.3) is 0 Å². The van der Waals surface area contributed by atoms with Crippen LogP contribution >= 0.6 is 0 Å². The van der Waals surface area contributed by atoms with Gasteiger partial charge in [-0.3, -0.25) is 14.5 Å².